The smallest absolute Gasteiger partial charge is 0.233 e. The minimum Gasteiger partial charge on any atom is -0.326 e. The Hall–Kier alpha value is -0.900. The summed E-state index contributed by atoms with van der Waals surface area (Å²) in [5.74, 6) is -0.0130. The van der Waals surface area contributed by atoms with Crippen LogP contribution in [0.15, 0.2) is 0 Å². The van der Waals surface area contributed by atoms with E-state index < -0.39 is 0 Å². The van der Waals surface area contributed by atoms with E-state index in [1.807, 2.05) is 6.92 Å². The number of likely N-dealkylation sites (tertiary alicyclic amines) is 1. The third-order valence-corrected chi connectivity index (χ3v) is 3.62. The van der Waals surface area contributed by atoms with Gasteiger partial charge in [0.15, 0.2) is 0 Å². The number of carbonyl (C=O) groups excluding carboxylic acids is 2. The van der Waals surface area contributed by atoms with Crippen LogP contribution in [0.3, 0.4) is 0 Å². The van der Waals surface area contributed by atoms with Crippen molar-refractivity contribution in [2.45, 2.75) is 38.6 Å². The van der Waals surface area contributed by atoms with E-state index in [9.17, 15) is 9.59 Å². The van der Waals surface area contributed by atoms with Crippen molar-refractivity contribution in [3.05, 3.63) is 0 Å². The van der Waals surface area contributed by atoms with E-state index >= 15 is 0 Å². The average molecular weight is 210 g/mol. The number of hydrogen-bond acceptors (Lipinski definition) is 3. The van der Waals surface area contributed by atoms with Crippen LogP contribution in [0.1, 0.15) is 32.6 Å². The first-order chi connectivity index (χ1) is 7.15. The lowest BCUT2D eigenvalue weighted by atomic mass is 10.00. The summed E-state index contributed by atoms with van der Waals surface area (Å²) in [5, 5.41) is 0. The molecule has 1 saturated carbocycles. The zero-order chi connectivity index (χ0) is 11.0. The molecule has 1 aliphatic carbocycles. The van der Waals surface area contributed by atoms with Gasteiger partial charge in [0.2, 0.25) is 11.8 Å². The van der Waals surface area contributed by atoms with Crippen molar-refractivity contribution in [3.8, 4) is 0 Å². The summed E-state index contributed by atoms with van der Waals surface area (Å²) in [6, 6.07) is -0.0725. The topological polar surface area (TPSA) is 63.4 Å². The van der Waals surface area contributed by atoms with Crippen molar-refractivity contribution in [1.82, 2.24) is 4.90 Å². The predicted octanol–water partition coefficient (Wildman–Crippen LogP) is 0.509. The molecular weight excluding hydrogens is 192 g/mol. The number of imide groups is 1. The monoisotopic (exact) mass is 210 g/mol. The van der Waals surface area contributed by atoms with E-state index in [-0.39, 0.29) is 29.7 Å². The van der Waals surface area contributed by atoms with Crippen molar-refractivity contribution in [1.29, 1.82) is 0 Å². The third kappa shape index (κ3) is 1.67. The highest BCUT2D eigenvalue weighted by Crippen LogP contribution is 2.39. The largest absolute Gasteiger partial charge is 0.326 e. The van der Waals surface area contributed by atoms with E-state index in [4.69, 9.17) is 5.73 Å². The van der Waals surface area contributed by atoms with Gasteiger partial charge in [-0.05, 0) is 19.3 Å². The highest BCUT2D eigenvalue weighted by Gasteiger charge is 2.49. The molecule has 1 saturated heterocycles. The Morgan fingerprint density at radius 3 is 2.33 bits per heavy atom. The number of nitrogens with zero attached hydrogens (tertiary/aromatic N) is 1. The van der Waals surface area contributed by atoms with Gasteiger partial charge in [-0.25, -0.2) is 0 Å². The Morgan fingerprint density at radius 1 is 1.33 bits per heavy atom. The van der Waals surface area contributed by atoms with Crippen molar-refractivity contribution >= 4 is 11.8 Å². The quantitative estimate of drug-likeness (QED) is 0.690. The first kappa shape index (κ1) is 10.6. The molecule has 4 nitrogen and oxygen atoms in total. The fourth-order valence-corrected chi connectivity index (χ4v) is 2.60. The second-order valence-corrected chi connectivity index (χ2v) is 4.60. The Kier molecular flexibility index (Phi) is 2.78. The van der Waals surface area contributed by atoms with Crippen molar-refractivity contribution in [2.24, 2.45) is 17.6 Å². The number of nitrogens with two attached hydrogens (primary N) is 1. The van der Waals surface area contributed by atoms with Gasteiger partial charge < -0.3 is 5.73 Å². The number of hydrogen-bond donors (Lipinski definition) is 1. The van der Waals surface area contributed by atoms with E-state index in [1.54, 1.807) is 0 Å². The lowest BCUT2D eigenvalue weighted by molar-refractivity contribution is -0.140. The normalized spacial score (nSPS) is 32.3. The van der Waals surface area contributed by atoms with Gasteiger partial charge in [-0.2, -0.15) is 0 Å². The summed E-state index contributed by atoms with van der Waals surface area (Å²) in [5.41, 5.74) is 5.78. The predicted molar refractivity (Wildman–Crippen MR) is 55.8 cm³/mol. The minimum atomic E-state index is -0.0725. The summed E-state index contributed by atoms with van der Waals surface area (Å²) >= 11 is 0. The lowest BCUT2D eigenvalue weighted by Gasteiger charge is -2.19. The fourth-order valence-electron chi connectivity index (χ4n) is 2.60. The lowest BCUT2D eigenvalue weighted by Crippen LogP contribution is -2.41. The molecule has 0 bridgehead atoms. The van der Waals surface area contributed by atoms with Crippen LogP contribution in [-0.4, -0.2) is 29.3 Å². The molecule has 2 amide bonds. The van der Waals surface area contributed by atoms with Crippen LogP contribution in [0, 0.1) is 11.8 Å². The zero-order valence-electron chi connectivity index (χ0n) is 9.11. The Labute approximate surface area is 89.8 Å². The first-order valence-electron chi connectivity index (χ1n) is 5.76. The van der Waals surface area contributed by atoms with Crippen molar-refractivity contribution in [2.75, 3.05) is 6.54 Å². The summed E-state index contributed by atoms with van der Waals surface area (Å²) in [4.78, 5) is 25.2. The molecule has 2 aliphatic rings. The second-order valence-electron chi connectivity index (χ2n) is 4.60. The Morgan fingerprint density at radius 2 is 1.87 bits per heavy atom. The van der Waals surface area contributed by atoms with E-state index in [1.165, 1.54) is 4.90 Å². The molecule has 84 valence electrons. The molecule has 2 rings (SSSR count). The van der Waals surface area contributed by atoms with Gasteiger partial charge in [-0.15, -0.1) is 0 Å². The molecule has 1 heterocycles. The van der Waals surface area contributed by atoms with Crippen LogP contribution in [0.2, 0.25) is 0 Å². The fraction of sp³-hybridized carbons (Fsp3) is 0.818. The van der Waals surface area contributed by atoms with Crippen LogP contribution in [0.4, 0.5) is 0 Å². The van der Waals surface area contributed by atoms with Crippen molar-refractivity contribution < 1.29 is 9.59 Å². The Balaban J connectivity index is 2.08. The third-order valence-electron chi connectivity index (χ3n) is 3.62. The summed E-state index contributed by atoms with van der Waals surface area (Å²) in [6.45, 7) is 2.37. The first-order valence-corrected chi connectivity index (χ1v) is 5.76. The van der Waals surface area contributed by atoms with E-state index in [0.717, 1.165) is 25.7 Å². The molecular formula is C11H18N2O2. The molecule has 0 aromatic rings. The van der Waals surface area contributed by atoms with E-state index in [2.05, 4.69) is 0 Å². The summed E-state index contributed by atoms with van der Waals surface area (Å²) in [7, 11) is 0. The molecule has 0 radical (unpaired) electrons. The van der Waals surface area contributed by atoms with Crippen LogP contribution in [-0.2, 0) is 9.59 Å². The number of fused-ring (bicyclic) bond motifs is 1. The van der Waals surface area contributed by atoms with Gasteiger partial charge in [-0.3, -0.25) is 14.5 Å². The van der Waals surface area contributed by atoms with Gasteiger partial charge >= 0.3 is 0 Å². The van der Waals surface area contributed by atoms with Crippen LogP contribution >= 0.6 is 0 Å². The molecule has 3 atom stereocenters. The van der Waals surface area contributed by atoms with Gasteiger partial charge in [0, 0.05) is 12.6 Å². The molecule has 1 aliphatic heterocycles. The zero-order valence-corrected chi connectivity index (χ0v) is 9.11. The molecule has 2 fully saturated rings. The SMILES string of the molecule is CCC(N)CN1C(=O)C2CCCC2C1=O. The number of rotatable bonds is 3. The van der Waals surface area contributed by atoms with E-state index in [0.29, 0.717) is 6.54 Å². The maximum Gasteiger partial charge on any atom is 0.233 e. The molecule has 3 unspecified atom stereocenters. The molecule has 0 aromatic heterocycles. The second kappa shape index (κ2) is 3.93. The maximum atomic E-state index is 11.9. The van der Waals surface area contributed by atoms with Gasteiger partial charge in [0.05, 0.1) is 11.8 Å². The standard InChI is InChI=1S/C11H18N2O2/c1-2-7(12)6-13-10(14)8-4-3-5-9(8)11(13)15/h7-9H,2-6,12H2,1H3. The minimum absolute atomic E-state index is 0.0198. The average Bonchev–Trinajstić information content (AvgIpc) is 2.78. The molecule has 4 heteroatoms. The van der Waals surface area contributed by atoms with Crippen LogP contribution < -0.4 is 5.73 Å². The van der Waals surface area contributed by atoms with Gasteiger partial charge in [0.25, 0.3) is 0 Å². The molecule has 0 spiro atoms. The summed E-state index contributed by atoms with van der Waals surface area (Å²) in [6.07, 6.45) is 3.58. The maximum absolute atomic E-state index is 11.9. The van der Waals surface area contributed by atoms with Crippen molar-refractivity contribution in [3.63, 3.8) is 0 Å². The number of amides is 2. The highest BCUT2D eigenvalue weighted by atomic mass is 16.2. The summed E-state index contributed by atoms with van der Waals surface area (Å²) < 4.78 is 0. The molecule has 0 aromatic carbocycles. The highest BCUT2D eigenvalue weighted by molar-refractivity contribution is 6.05. The van der Waals surface area contributed by atoms with Crippen LogP contribution in [0.25, 0.3) is 0 Å². The van der Waals surface area contributed by atoms with Crippen LogP contribution in [0.5, 0.6) is 0 Å². The molecule has 2 N–H and O–H groups in total. The van der Waals surface area contributed by atoms with Gasteiger partial charge in [-0.1, -0.05) is 13.3 Å². The van der Waals surface area contributed by atoms with Gasteiger partial charge in [0.1, 0.15) is 0 Å². The number of carbonyl (C=O) groups is 2. The molecule has 15 heavy (non-hydrogen) atoms. The Bertz CT molecular complexity index is 268.